The molecule has 2 aromatic carbocycles. The van der Waals surface area contributed by atoms with Crippen molar-refractivity contribution in [3.05, 3.63) is 70.1 Å². The van der Waals surface area contributed by atoms with Crippen molar-refractivity contribution < 1.29 is 23.8 Å². The Morgan fingerprint density at radius 2 is 1.81 bits per heavy atom. The summed E-state index contributed by atoms with van der Waals surface area (Å²) in [5.41, 5.74) is 0.147. The maximum absolute atomic E-state index is 12.6. The van der Waals surface area contributed by atoms with Crippen LogP contribution in [0.3, 0.4) is 0 Å². The summed E-state index contributed by atoms with van der Waals surface area (Å²) in [4.78, 5) is 24.6. The third-order valence-electron chi connectivity index (χ3n) is 4.28. The number of hydrogen-bond acceptors (Lipinski definition) is 6. The summed E-state index contributed by atoms with van der Waals surface area (Å²) in [6.07, 6.45) is -0.145. The van der Waals surface area contributed by atoms with Gasteiger partial charge in [0.1, 0.15) is 17.1 Å². The van der Waals surface area contributed by atoms with Gasteiger partial charge in [0.15, 0.2) is 0 Å². The molecule has 0 aliphatic rings. The van der Waals surface area contributed by atoms with Crippen LogP contribution in [-0.4, -0.2) is 25.3 Å². The van der Waals surface area contributed by atoms with Crippen molar-refractivity contribution in [1.29, 1.82) is 0 Å². The molecule has 0 aliphatic heterocycles. The fourth-order valence-electron chi connectivity index (χ4n) is 3.03. The molecule has 0 aliphatic carbocycles. The summed E-state index contributed by atoms with van der Waals surface area (Å²) in [6.45, 7) is 0. The van der Waals surface area contributed by atoms with Crippen LogP contribution in [0.5, 0.6) is 11.5 Å². The van der Waals surface area contributed by atoms with Gasteiger partial charge in [0, 0.05) is 11.5 Å². The Morgan fingerprint density at radius 1 is 1.12 bits per heavy atom. The molecular formula is C20H18O6. The maximum Gasteiger partial charge on any atom is 0.343 e. The highest BCUT2D eigenvalue weighted by atomic mass is 16.5. The summed E-state index contributed by atoms with van der Waals surface area (Å²) < 4.78 is 15.5. The van der Waals surface area contributed by atoms with Crippen molar-refractivity contribution in [2.24, 2.45) is 0 Å². The van der Waals surface area contributed by atoms with Crippen LogP contribution in [0.25, 0.3) is 11.0 Å². The number of carbonyl (C=O) groups excluding carboxylic acids is 1. The average Bonchev–Trinajstić information content (AvgIpc) is 2.67. The molecule has 0 fully saturated rings. The van der Waals surface area contributed by atoms with Gasteiger partial charge in [-0.15, -0.1) is 0 Å². The van der Waals surface area contributed by atoms with Crippen LogP contribution in [0.2, 0.25) is 0 Å². The first-order valence-electron chi connectivity index (χ1n) is 8.01. The highest BCUT2D eigenvalue weighted by Crippen LogP contribution is 2.39. The fourth-order valence-corrected chi connectivity index (χ4v) is 3.03. The zero-order valence-electron chi connectivity index (χ0n) is 14.4. The number of aromatic hydroxyl groups is 1. The zero-order valence-corrected chi connectivity index (χ0v) is 14.4. The van der Waals surface area contributed by atoms with E-state index in [9.17, 15) is 14.7 Å². The number of fused-ring (bicyclic) bond motifs is 1. The van der Waals surface area contributed by atoms with E-state index >= 15 is 0 Å². The number of methoxy groups -OCH3 is 2. The summed E-state index contributed by atoms with van der Waals surface area (Å²) >= 11 is 0. The molecule has 0 radical (unpaired) electrons. The molecule has 1 N–H and O–H groups in total. The molecule has 134 valence electrons. The minimum absolute atomic E-state index is 0.00130. The predicted octanol–water partition coefficient (Wildman–Crippen LogP) is 3.20. The minimum atomic E-state index is -0.778. The van der Waals surface area contributed by atoms with E-state index in [4.69, 9.17) is 13.9 Å². The van der Waals surface area contributed by atoms with E-state index in [1.807, 2.05) is 0 Å². The van der Waals surface area contributed by atoms with Crippen LogP contribution in [0.4, 0.5) is 0 Å². The third-order valence-corrected chi connectivity index (χ3v) is 4.28. The van der Waals surface area contributed by atoms with Crippen molar-refractivity contribution >= 4 is 16.9 Å². The lowest BCUT2D eigenvalue weighted by molar-refractivity contribution is -0.140. The van der Waals surface area contributed by atoms with Gasteiger partial charge in [0.05, 0.1) is 31.6 Å². The maximum atomic E-state index is 12.6. The van der Waals surface area contributed by atoms with Crippen molar-refractivity contribution in [3.8, 4) is 11.5 Å². The van der Waals surface area contributed by atoms with Gasteiger partial charge in [0.2, 0.25) is 0 Å². The molecule has 0 unspecified atom stereocenters. The number of para-hydroxylation sites is 2. The molecule has 0 amide bonds. The van der Waals surface area contributed by atoms with Crippen molar-refractivity contribution in [2.45, 2.75) is 12.3 Å². The van der Waals surface area contributed by atoms with E-state index in [1.54, 1.807) is 48.5 Å². The third kappa shape index (κ3) is 3.13. The van der Waals surface area contributed by atoms with Gasteiger partial charge in [-0.05, 0) is 18.2 Å². The number of hydrogen-bond donors (Lipinski definition) is 1. The van der Waals surface area contributed by atoms with Crippen LogP contribution in [0, 0.1) is 0 Å². The largest absolute Gasteiger partial charge is 0.507 e. The molecule has 0 saturated carbocycles. The van der Waals surface area contributed by atoms with Crippen molar-refractivity contribution in [3.63, 3.8) is 0 Å². The van der Waals surface area contributed by atoms with Crippen LogP contribution < -0.4 is 10.4 Å². The molecular weight excluding hydrogens is 336 g/mol. The molecule has 6 nitrogen and oxygen atoms in total. The Labute approximate surface area is 149 Å². The monoisotopic (exact) mass is 354 g/mol. The van der Waals surface area contributed by atoms with Crippen LogP contribution in [-0.2, 0) is 9.53 Å². The molecule has 6 heteroatoms. The summed E-state index contributed by atoms with van der Waals surface area (Å²) in [5.74, 6) is -1.02. The van der Waals surface area contributed by atoms with Crippen molar-refractivity contribution in [2.75, 3.05) is 14.2 Å². The second-order valence-corrected chi connectivity index (χ2v) is 5.72. The van der Waals surface area contributed by atoms with Crippen LogP contribution in [0.1, 0.15) is 23.5 Å². The minimum Gasteiger partial charge on any atom is -0.507 e. The van der Waals surface area contributed by atoms with Gasteiger partial charge < -0.3 is 19.0 Å². The first-order chi connectivity index (χ1) is 12.6. The predicted molar refractivity (Wildman–Crippen MR) is 95.6 cm³/mol. The number of ether oxygens (including phenoxy) is 2. The summed E-state index contributed by atoms with van der Waals surface area (Å²) in [6, 6.07) is 13.7. The highest BCUT2D eigenvalue weighted by molar-refractivity contribution is 5.85. The second-order valence-electron chi connectivity index (χ2n) is 5.72. The molecule has 0 saturated heterocycles. The van der Waals surface area contributed by atoms with Gasteiger partial charge in [-0.3, -0.25) is 4.79 Å². The Kier molecular flexibility index (Phi) is 4.93. The van der Waals surface area contributed by atoms with Gasteiger partial charge in [0.25, 0.3) is 0 Å². The van der Waals surface area contributed by atoms with E-state index in [0.717, 1.165) is 0 Å². The van der Waals surface area contributed by atoms with Gasteiger partial charge in [-0.1, -0.05) is 30.3 Å². The van der Waals surface area contributed by atoms with Gasteiger partial charge in [-0.25, -0.2) is 4.79 Å². The van der Waals surface area contributed by atoms with Gasteiger partial charge >= 0.3 is 11.6 Å². The first kappa shape index (κ1) is 17.5. The standard InChI is InChI=1S/C20H18O6/c1-24-15-9-5-3-7-12(15)14(11-17(21)25-2)18-19(22)13-8-4-6-10-16(13)26-20(18)23/h3-10,14,22H,11H2,1-2H3/t14-/m0/s1. The topological polar surface area (TPSA) is 86.0 Å². The van der Waals surface area contributed by atoms with E-state index in [2.05, 4.69) is 0 Å². The Hall–Kier alpha value is -3.28. The molecule has 3 aromatic rings. The van der Waals surface area contributed by atoms with E-state index < -0.39 is 17.5 Å². The lowest BCUT2D eigenvalue weighted by atomic mass is 9.87. The molecule has 3 rings (SSSR count). The number of rotatable bonds is 5. The highest BCUT2D eigenvalue weighted by Gasteiger charge is 2.29. The van der Waals surface area contributed by atoms with E-state index in [-0.39, 0.29) is 23.3 Å². The second kappa shape index (κ2) is 7.31. The zero-order chi connectivity index (χ0) is 18.7. The SMILES string of the molecule is COC(=O)C[C@@H](c1ccccc1OC)c1c(O)c2ccccc2oc1=O. The molecule has 1 heterocycles. The van der Waals surface area contributed by atoms with Crippen LogP contribution in [0.15, 0.2) is 57.7 Å². The number of carbonyl (C=O) groups is 1. The smallest absolute Gasteiger partial charge is 0.343 e. The van der Waals surface area contributed by atoms with E-state index in [0.29, 0.717) is 16.7 Å². The van der Waals surface area contributed by atoms with Crippen molar-refractivity contribution in [1.82, 2.24) is 0 Å². The lowest BCUT2D eigenvalue weighted by Crippen LogP contribution is -2.18. The Morgan fingerprint density at radius 3 is 2.54 bits per heavy atom. The quantitative estimate of drug-likeness (QED) is 0.559. The molecule has 1 aromatic heterocycles. The summed E-state index contributed by atoms with van der Waals surface area (Å²) in [7, 11) is 2.76. The molecule has 0 bridgehead atoms. The Balaban J connectivity index is 2.27. The average molecular weight is 354 g/mol. The normalized spacial score (nSPS) is 11.9. The number of benzene rings is 2. The first-order valence-corrected chi connectivity index (χ1v) is 8.01. The lowest BCUT2D eigenvalue weighted by Gasteiger charge is -2.19. The van der Waals surface area contributed by atoms with E-state index in [1.165, 1.54) is 14.2 Å². The fraction of sp³-hybridized carbons (Fsp3) is 0.200. The molecule has 1 atom stereocenters. The van der Waals surface area contributed by atoms with Gasteiger partial charge in [-0.2, -0.15) is 0 Å². The number of esters is 1. The Bertz CT molecular complexity index is 1000. The van der Waals surface area contributed by atoms with Crippen LogP contribution >= 0.6 is 0 Å². The molecule has 0 spiro atoms. The summed E-state index contributed by atoms with van der Waals surface area (Å²) in [5, 5.41) is 11.2. The molecule has 26 heavy (non-hydrogen) atoms.